The Kier molecular flexibility index (Phi) is 7.21. The molecule has 8 heteroatoms. The molecule has 0 radical (unpaired) electrons. The summed E-state index contributed by atoms with van der Waals surface area (Å²) in [6.45, 7) is 4.23. The molecule has 0 aliphatic carbocycles. The first kappa shape index (κ1) is 24.8. The summed E-state index contributed by atoms with van der Waals surface area (Å²) in [6, 6.07) is 24.5. The van der Waals surface area contributed by atoms with E-state index < -0.39 is 5.97 Å². The van der Waals surface area contributed by atoms with Crippen LogP contribution in [-0.2, 0) is 18.0 Å². The summed E-state index contributed by atoms with van der Waals surface area (Å²) in [5, 5.41) is 7.96. The van der Waals surface area contributed by atoms with Crippen molar-refractivity contribution < 1.29 is 28.1 Å². The smallest absolute Gasteiger partial charge is 0.360 e. The molecule has 3 aromatic carbocycles. The van der Waals surface area contributed by atoms with E-state index in [1.807, 2.05) is 68.4 Å². The molecule has 5 rings (SSSR count). The lowest BCUT2D eigenvalue weighted by Crippen LogP contribution is -2.06. The van der Waals surface area contributed by atoms with E-state index in [-0.39, 0.29) is 18.9 Å². The number of methoxy groups -OCH3 is 1. The van der Waals surface area contributed by atoms with Crippen LogP contribution in [0.2, 0.25) is 0 Å². The van der Waals surface area contributed by atoms with E-state index in [4.69, 9.17) is 23.3 Å². The van der Waals surface area contributed by atoms with E-state index in [1.54, 1.807) is 31.4 Å². The third-order valence-electron chi connectivity index (χ3n) is 5.92. The van der Waals surface area contributed by atoms with Crippen molar-refractivity contribution in [1.29, 1.82) is 0 Å². The second-order valence-corrected chi connectivity index (χ2v) is 8.84. The fourth-order valence-corrected chi connectivity index (χ4v) is 3.76. The van der Waals surface area contributed by atoms with Gasteiger partial charge in [-0.25, -0.2) is 4.79 Å². The summed E-state index contributed by atoms with van der Waals surface area (Å²) in [4.78, 5) is 12.6. The molecule has 0 atom stereocenters. The zero-order valence-corrected chi connectivity index (χ0v) is 21.3. The van der Waals surface area contributed by atoms with E-state index in [9.17, 15) is 4.79 Å². The van der Waals surface area contributed by atoms with Crippen LogP contribution in [0.5, 0.6) is 11.5 Å². The molecule has 8 nitrogen and oxygen atoms in total. The normalized spacial score (nSPS) is 10.8. The van der Waals surface area contributed by atoms with Crippen LogP contribution in [0.3, 0.4) is 0 Å². The number of esters is 1. The van der Waals surface area contributed by atoms with E-state index in [0.29, 0.717) is 28.7 Å². The number of rotatable bonds is 9. The molecule has 192 valence electrons. The molecule has 0 saturated heterocycles. The quantitative estimate of drug-likeness (QED) is 0.206. The largest absolute Gasteiger partial charge is 0.493 e. The number of benzene rings is 3. The Balaban J connectivity index is 1.21. The standard InChI is InChI=1S/C30H26N2O6/c1-19-4-9-22(10-5-19)27-15-24(31-37-27)18-35-29-14-21(8-13-26(29)34-3)17-36-30(33)25-16-28(38-32-25)23-11-6-20(2)7-12-23/h4-16H,17-18H2,1-3H3. The van der Waals surface area contributed by atoms with Crippen molar-refractivity contribution in [3.63, 3.8) is 0 Å². The number of aromatic nitrogens is 2. The minimum Gasteiger partial charge on any atom is -0.493 e. The summed E-state index contributed by atoms with van der Waals surface area (Å²) < 4.78 is 27.6. The van der Waals surface area contributed by atoms with Gasteiger partial charge in [-0.05, 0) is 31.5 Å². The predicted molar refractivity (Wildman–Crippen MR) is 140 cm³/mol. The minimum atomic E-state index is -0.586. The Morgan fingerprint density at radius 3 is 2.03 bits per heavy atom. The second-order valence-electron chi connectivity index (χ2n) is 8.84. The fourth-order valence-electron chi connectivity index (χ4n) is 3.76. The van der Waals surface area contributed by atoms with Gasteiger partial charge >= 0.3 is 5.97 Å². The molecule has 0 fully saturated rings. The number of nitrogens with zero attached hydrogens (tertiary/aromatic N) is 2. The highest BCUT2D eigenvalue weighted by Gasteiger charge is 2.16. The number of ether oxygens (including phenoxy) is 3. The summed E-state index contributed by atoms with van der Waals surface area (Å²) in [5.41, 5.74) is 5.52. The van der Waals surface area contributed by atoms with Crippen LogP contribution in [0.1, 0.15) is 32.9 Å². The lowest BCUT2D eigenvalue weighted by Gasteiger charge is -2.11. The van der Waals surface area contributed by atoms with Crippen molar-refractivity contribution >= 4 is 5.97 Å². The van der Waals surface area contributed by atoms with Crippen molar-refractivity contribution in [3.05, 3.63) is 107 Å². The summed E-state index contributed by atoms with van der Waals surface area (Å²) >= 11 is 0. The highest BCUT2D eigenvalue weighted by Crippen LogP contribution is 2.30. The molecule has 0 N–H and O–H groups in total. The molecular weight excluding hydrogens is 484 g/mol. The van der Waals surface area contributed by atoms with Crippen LogP contribution in [0, 0.1) is 13.8 Å². The molecule has 0 aliphatic rings. The highest BCUT2D eigenvalue weighted by molar-refractivity contribution is 5.88. The van der Waals surface area contributed by atoms with E-state index in [0.717, 1.165) is 22.3 Å². The van der Waals surface area contributed by atoms with Gasteiger partial charge in [0.1, 0.15) is 18.9 Å². The average Bonchev–Trinajstić information content (AvgIpc) is 3.62. The number of carbonyl (C=O) groups excluding carboxylic acids is 1. The number of aryl methyl sites for hydroxylation is 2. The number of hydrogen-bond acceptors (Lipinski definition) is 8. The van der Waals surface area contributed by atoms with Crippen LogP contribution in [0.15, 0.2) is 87.9 Å². The Labute approximate surface area is 219 Å². The fraction of sp³-hybridized carbons (Fsp3) is 0.167. The molecule has 0 saturated carbocycles. The van der Waals surface area contributed by atoms with Gasteiger partial charge in [-0.3, -0.25) is 0 Å². The van der Waals surface area contributed by atoms with Gasteiger partial charge in [0.05, 0.1) is 7.11 Å². The van der Waals surface area contributed by atoms with Gasteiger partial charge in [0.25, 0.3) is 0 Å². The molecule has 0 spiro atoms. The third kappa shape index (κ3) is 5.75. The molecule has 38 heavy (non-hydrogen) atoms. The Morgan fingerprint density at radius 2 is 1.37 bits per heavy atom. The maximum Gasteiger partial charge on any atom is 0.360 e. The van der Waals surface area contributed by atoms with Crippen molar-refractivity contribution in [2.75, 3.05) is 7.11 Å². The average molecular weight is 511 g/mol. The summed E-state index contributed by atoms with van der Waals surface area (Å²) in [7, 11) is 1.56. The van der Waals surface area contributed by atoms with Gasteiger partial charge < -0.3 is 23.3 Å². The third-order valence-corrected chi connectivity index (χ3v) is 5.92. The van der Waals surface area contributed by atoms with Gasteiger partial charge in [-0.1, -0.05) is 76.0 Å². The number of hydrogen-bond donors (Lipinski definition) is 0. The first-order valence-corrected chi connectivity index (χ1v) is 12.0. The zero-order chi connectivity index (χ0) is 26.5. The molecular formula is C30H26N2O6. The van der Waals surface area contributed by atoms with E-state index >= 15 is 0 Å². The second kappa shape index (κ2) is 11.0. The van der Waals surface area contributed by atoms with Crippen molar-refractivity contribution in [2.24, 2.45) is 0 Å². The maximum atomic E-state index is 12.6. The SMILES string of the molecule is COc1ccc(COC(=O)c2cc(-c3ccc(C)cc3)on2)cc1OCc1cc(-c2ccc(C)cc2)on1. The van der Waals surface area contributed by atoms with Crippen molar-refractivity contribution in [3.8, 4) is 34.1 Å². The van der Waals surface area contributed by atoms with Gasteiger partial charge in [-0.2, -0.15) is 0 Å². The monoisotopic (exact) mass is 510 g/mol. The van der Waals surface area contributed by atoms with Gasteiger partial charge in [0.15, 0.2) is 28.7 Å². The lowest BCUT2D eigenvalue weighted by atomic mass is 10.1. The first-order valence-electron chi connectivity index (χ1n) is 12.0. The molecule has 2 heterocycles. The van der Waals surface area contributed by atoms with Crippen LogP contribution in [0.4, 0.5) is 0 Å². The number of carbonyl (C=O) groups is 1. The van der Waals surface area contributed by atoms with Gasteiger partial charge in [-0.15, -0.1) is 0 Å². The van der Waals surface area contributed by atoms with Crippen LogP contribution in [-0.4, -0.2) is 23.4 Å². The van der Waals surface area contributed by atoms with Crippen LogP contribution in [0.25, 0.3) is 22.6 Å². The van der Waals surface area contributed by atoms with Crippen LogP contribution >= 0.6 is 0 Å². The minimum absolute atomic E-state index is 0.0213. The van der Waals surface area contributed by atoms with E-state index in [2.05, 4.69) is 10.3 Å². The molecule has 0 bridgehead atoms. The van der Waals surface area contributed by atoms with Crippen molar-refractivity contribution in [1.82, 2.24) is 10.3 Å². The molecule has 0 amide bonds. The molecule has 0 aliphatic heterocycles. The Bertz CT molecular complexity index is 1530. The first-order chi connectivity index (χ1) is 18.5. The van der Waals surface area contributed by atoms with Crippen LogP contribution < -0.4 is 9.47 Å². The highest BCUT2D eigenvalue weighted by atomic mass is 16.5. The maximum absolute atomic E-state index is 12.6. The van der Waals surface area contributed by atoms with Crippen molar-refractivity contribution in [2.45, 2.75) is 27.1 Å². The van der Waals surface area contributed by atoms with Gasteiger partial charge in [0.2, 0.25) is 0 Å². The predicted octanol–water partition coefficient (Wildman–Crippen LogP) is 6.56. The van der Waals surface area contributed by atoms with Gasteiger partial charge in [0, 0.05) is 23.3 Å². The summed E-state index contributed by atoms with van der Waals surface area (Å²) in [6.07, 6.45) is 0. The molecule has 0 unspecified atom stereocenters. The topological polar surface area (TPSA) is 96.8 Å². The Morgan fingerprint density at radius 1 is 0.737 bits per heavy atom. The Hall–Kier alpha value is -4.85. The zero-order valence-electron chi connectivity index (χ0n) is 21.3. The summed E-state index contributed by atoms with van der Waals surface area (Å²) in [5.74, 6) is 1.60. The van der Waals surface area contributed by atoms with E-state index in [1.165, 1.54) is 5.56 Å². The molecule has 5 aromatic rings. The lowest BCUT2D eigenvalue weighted by molar-refractivity contribution is 0.0460. The molecule has 2 aromatic heterocycles.